The summed E-state index contributed by atoms with van der Waals surface area (Å²) >= 11 is 0. The predicted molar refractivity (Wildman–Crippen MR) is 92.0 cm³/mol. The van der Waals surface area contributed by atoms with Crippen LogP contribution in [0.15, 0.2) is 28.8 Å². The van der Waals surface area contributed by atoms with Crippen LogP contribution >= 0.6 is 0 Å². The molecule has 24 heavy (non-hydrogen) atoms. The highest BCUT2D eigenvalue weighted by atomic mass is 16.3. The highest BCUT2D eigenvalue weighted by Gasteiger charge is 2.27. The van der Waals surface area contributed by atoms with Crippen molar-refractivity contribution in [3.05, 3.63) is 52.5 Å². The van der Waals surface area contributed by atoms with Crippen LogP contribution in [0, 0.1) is 13.8 Å². The van der Waals surface area contributed by atoms with E-state index in [0.717, 1.165) is 46.9 Å². The van der Waals surface area contributed by atoms with Crippen LogP contribution in [0.5, 0.6) is 0 Å². The Bertz CT molecular complexity index is 936. The predicted octanol–water partition coefficient (Wildman–Crippen LogP) is 3.59. The molecule has 3 aromatic rings. The van der Waals surface area contributed by atoms with E-state index in [1.165, 1.54) is 5.69 Å². The summed E-state index contributed by atoms with van der Waals surface area (Å²) < 4.78 is 7.72. The summed E-state index contributed by atoms with van der Waals surface area (Å²) in [6.45, 7) is 3.98. The van der Waals surface area contributed by atoms with Gasteiger partial charge in [-0.25, -0.2) is 0 Å². The molecule has 0 saturated carbocycles. The van der Waals surface area contributed by atoms with Crippen LogP contribution in [0.2, 0.25) is 0 Å². The standard InChI is InChI=1S/C19H21N3O2/c1-11-7-8-17-13(9-11)12(2)18(24-17)19(23)21-15-5-4-6-16-14(15)10-20-22(16)3/h7-10,15H,4-6H2,1-3H3,(H,21,23). The first kappa shape index (κ1) is 15.0. The number of rotatable bonds is 2. The lowest BCUT2D eigenvalue weighted by molar-refractivity contribution is 0.0906. The summed E-state index contributed by atoms with van der Waals surface area (Å²) in [5.41, 5.74) is 5.15. The van der Waals surface area contributed by atoms with E-state index in [1.54, 1.807) is 0 Å². The molecule has 4 rings (SSSR count). The minimum atomic E-state index is -0.150. The van der Waals surface area contributed by atoms with Gasteiger partial charge in [-0.3, -0.25) is 9.48 Å². The van der Waals surface area contributed by atoms with Gasteiger partial charge in [0.05, 0.1) is 12.2 Å². The van der Waals surface area contributed by atoms with Crippen LogP contribution in [0.25, 0.3) is 11.0 Å². The van der Waals surface area contributed by atoms with Crippen LogP contribution in [-0.2, 0) is 13.5 Å². The van der Waals surface area contributed by atoms with E-state index in [-0.39, 0.29) is 11.9 Å². The molecule has 2 aromatic heterocycles. The molecule has 5 nitrogen and oxygen atoms in total. The molecule has 0 saturated heterocycles. The Hall–Kier alpha value is -2.56. The van der Waals surface area contributed by atoms with Gasteiger partial charge in [-0.1, -0.05) is 11.6 Å². The Kier molecular flexibility index (Phi) is 3.44. The minimum Gasteiger partial charge on any atom is -0.451 e. The van der Waals surface area contributed by atoms with Gasteiger partial charge in [0.25, 0.3) is 5.91 Å². The summed E-state index contributed by atoms with van der Waals surface area (Å²) in [6, 6.07) is 5.99. The van der Waals surface area contributed by atoms with Gasteiger partial charge >= 0.3 is 0 Å². The quantitative estimate of drug-likeness (QED) is 0.784. The van der Waals surface area contributed by atoms with Crippen LogP contribution in [0.1, 0.15) is 51.8 Å². The molecule has 0 radical (unpaired) electrons. The number of aromatic nitrogens is 2. The molecule has 124 valence electrons. The SMILES string of the molecule is Cc1ccc2oc(C(=O)NC3CCCc4c3cnn4C)c(C)c2c1. The number of hydrogen-bond acceptors (Lipinski definition) is 3. The topological polar surface area (TPSA) is 60.1 Å². The highest BCUT2D eigenvalue weighted by Crippen LogP contribution is 2.31. The summed E-state index contributed by atoms with van der Waals surface area (Å²) in [4.78, 5) is 12.8. The van der Waals surface area contributed by atoms with Gasteiger partial charge in [-0.2, -0.15) is 5.10 Å². The average Bonchev–Trinajstić information content (AvgIpc) is 3.10. The van der Waals surface area contributed by atoms with E-state index in [0.29, 0.717) is 5.76 Å². The molecule has 0 aliphatic heterocycles. The highest BCUT2D eigenvalue weighted by molar-refractivity contribution is 5.99. The van der Waals surface area contributed by atoms with E-state index < -0.39 is 0 Å². The van der Waals surface area contributed by atoms with Crippen LogP contribution < -0.4 is 5.32 Å². The van der Waals surface area contributed by atoms with Crippen molar-refractivity contribution in [2.24, 2.45) is 7.05 Å². The maximum absolute atomic E-state index is 12.8. The maximum atomic E-state index is 12.8. The van der Waals surface area contributed by atoms with Crippen molar-refractivity contribution in [3.63, 3.8) is 0 Å². The van der Waals surface area contributed by atoms with Crippen molar-refractivity contribution in [1.82, 2.24) is 15.1 Å². The number of fused-ring (bicyclic) bond motifs is 2. The average molecular weight is 323 g/mol. The number of carbonyl (C=O) groups excluding carboxylic acids is 1. The lowest BCUT2D eigenvalue weighted by atomic mass is 9.93. The van der Waals surface area contributed by atoms with Gasteiger partial charge in [0, 0.05) is 29.3 Å². The molecular formula is C19H21N3O2. The minimum absolute atomic E-state index is 0.00398. The zero-order chi connectivity index (χ0) is 16.8. The molecule has 1 aliphatic rings. The Balaban J connectivity index is 1.65. The van der Waals surface area contributed by atoms with Crippen LogP contribution in [0.3, 0.4) is 0 Å². The third-order valence-electron chi connectivity index (χ3n) is 4.98. The summed E-state index contributed by atoms with van der Waals surface area (Å²) in [6.07, 6.45) is 4.87. The molecule has 1 aromatic carbocycles. The molecule has 0 bridgehead atoms. The smallest absolute Gasteiger partial charge is 0.287 e. The van der Waals surface area contributed by atoms with Gasteiger partial charge < -0.3 is 9.73 Å². The van der Waals surface area contributed by atoms with Gasteiger partial charge in [0.1, 0.15) is 5.58 Å². The van der Waals surface area contributed by atoms with Crippen molar-refractivity contribution < 1.29 is 9.21 Å². The first-order chi connectivity index (χ1) is 11.5. The third-order valence-corrected chi connectivity index (χ3v) is 4.98. The molecule has 1 unspecified atom stereocenters. The zero-order valence-corrected chi connectivity index (χ0v) is 14.2. The van der Waals surface area contributed by atoms with Gasteiger partial charge in [0.15, 0.2) is 5.76 Å². The third kappa shape index (κ3) is 2.31. The number of hydrogen-bond donors (Lipinski definition) is 1. The number of carbonyl (C=O) groups is 1. The van der Waals surface area contributed by atoms with Crippen molar-refractivity contribution >= 4 is 16.9 Å². The molecule has 5 heteroatoms. The van der Waals surface area contributed by atoms with E-state index >= 15 is 0 Å². The molecule has 0 spiro atoms. The Labute approximate surface area is 140 Å². The second-order valence-corrected chi connectivity index (χ2v) is 6.64. The molecule has 1 amide bonds. The summed E-state index contributed by atoms with van der Waals surface area (Å²) in [7, 11) is 1.95. The Morgan fingerprint density at radius 1 is 1.38 bits per heavy atom. The molecule has 1 N–H and O–H groups in total. The summed E-state index contributed by atoms with van der Waals surface area (Å²) in [5.74, 6) is 0.259. The number of benzene rings is 1. The number of aryl methyl sites for hydroxylation is 3. The molecule has 2 heterocycles. The fourth-order valence-corrected chi connectivity index (χ4v) is 3.63. The second-order valence-electron chi connectivity index (χ2n) is 6.64. The lowest BCUT2D eigenvalue weighted by Gasteiger charge is -2.23. The van der Waals surface area contributed by atoms with Gasteiger partial charge in [-0.15, -0.1) is 0 Å². The summed E-state index contributed by atoms with van der Waals surface area (Å²) in [5, 5.41) is 8.47. The van der Waals surface area contributed by atoms with E-state index in [4.69, 9.17) is 4.42 Å². The Morgan fingerprint density at radius 3 is 3.04 bits per heavy atom. The second kappa shape index (κ2) is 5.51. The largest absolute Gasteiger partial charge is 0.451 e. The van der Waals surface area contributed by atoms with E-state index in [9.17, 15) is 4.79 Å². The molecule has 1 aliphatic carbocycles. The fraction of sp³-hybridized carbons (Fsp3) is 0.368. The monoisotopic (exact) mass is 323 g/mol. The van der Waals surface area contributed by atoms with Gasteiger partial charge in [-0.05, 0) is 45.2 Å². The van der Waals surface area contributed by atoms with Crippen molar-refractivity contribution in [1.29, 1.82) is 0 Å². The zero-order valence-electron chi connectivity index (χ0n) is 14.2. The van der Waals surface area contributed by atoms with E-state index in [2.05, 4.69) is 16.5 Å². The normalized spacial score (nSPS) is 17.0. The molecular weight excluding hydrogens is 302 g/mol. The van der Waals surface area contributed by atoms with Gasteiger partial charge in [0.2, 0.25) is 0 Å². The number of nitrogens with one attached hydrogen (secondary N) is 1. The van der Waals surface area contributed by atoms with Crippen LogP contribution in [-0.4, -0.2) is 15.7 Å². The Morgan fingerprint density at radius 2 is 2.21 bits per heavy atom. The number of nitrogens with zero attached hydrogens (tertiary/aromatic N) is 2. The molecule has 0 fully saturated rings. The number of amides is 1. The van der Waals surface area contributed by atoms with Crippen LogP contribution in [0.4, 0.5) is 0 Å². The fourth-order valence-electron chi connectivity index (χ4n) is 3.63. The lowest BCUT2D eigenvalue weighted by Crippen LogP contribution is -2.31. The molecule has 1 atom stereocenters. The van der Waals surface area contributed by atoms with Crippen molar-refractivity contribution in [3.8, 4) is 0 Å². The van der Waals surface area contributed by atoms with E-state index in [1.807, 2.05) is 43.9 Å². The van der Waals surface area contributed by atoms with Crippen molar-refractivity contribution in [2.75, 3.05) is 0 Å². The number of furan rings is 1. The first-order valence-corrected chi connectivity index (χ1v) is 8.36. The van der Waals surface area contributed by atoms with Crippen molar-refractivity contribution in [2.45, 2.75) is 39.2 Å². The first-order valence-electron chi connectivity index (χ1n) is 8.36. The maximum Gasteiger partial charge on any atom is 0.287 e.